The Morgan fingerprint density at radius 2 is 1.78 bits per heavy atom. The van der Waals surface area contributed by atoms with Crippen LogP contribution in [0.25, 0.3) is 0 Å². The van der Waals surface area contributed by atoms with Gasteiger partial charge in [0.2, 0.25) is 10.0 Å². The van der Waals surface area contributed by atoms with Gasteiger partial charge in [0, 0.05) is 6.54 Å². The highest BCUT2D eigenvalue weighted by molar-refractivity contribution is 7.89. The van der Waals surface area contributed by atoms with E-state index >= 15 is 0 Å². The molecule has 0 aliphatic rings. The summed E-state index contributed by atoms with van der Waals surface area (Å²) in [6.45, 7) is 5.80. The van der Waals surface area contributed by atoms with Gasteiger partial charge in [0.15, 0.2) is 0 Å². The summed E-state index contributed by atoms with van der Waals surface area (Å²) < 4.78 is 45.5. The monoisotopic (exact) mass is 337 g/mol. The molecule has 0 aromatic heterocycles. The molecule has 124 valence electrons. The van der Waals surface area contributed by atoms with Gasteiger partial charge in [-0.05, 0) is 56.2 Å². The molecule has 0 aliphatic carbocycles. The number of halogens is 1. The second-order valence-electron chi connectivity index (χ2n) is 5.43. The van der Waals surface area contributed by atoms with E-state index in [0.29, 0.717) is 5.56 Å². The molecule has 2 aromatic carbocycles. The Labute approximate surface area is 136 Å². The lowest BCUT2D eigenvalue weighted by atomic mass is 10.1. The molecule has 4 nitrogen and oxygen atoms in total. The summed E-state index contributed by atoms with van der Waals surface area (Å²) in [6, 6.07) is 9.51. The van der Waals surface area contributed by atoms with Crippen LogP contribution in [0.5, 0.6) is 5.75 Å². The van der Waals surface area contributed by atoms with Crippen LogP contribution in [0.15, 0.2) is 41.3 Å². The first kappa shape index (κ1) is 17.4. The molecule has 2 aromatic rings. The summed E-state index contributed by atoms with van der Waals surface area (Å²) in [6.07, 6.45) is 0. The van der Waals surface area contributed by atoms with Gasteiger partial charge in [-0.1, -0.05) is 17.7 Å². The van der Waals surface area contributed by atoms with Crippen molar-refractivity contribution in [3.05, 3.63) is 58.9 Å². The van der Waals surface area contributed by atoms with Crippen molar-refractivity contribution < 1.29 is 17.5 Å². The van der Waals surface area contributed by atoms with Crippen molar-refractivity contribution in [2.24, 2.45) is 0 Å². The first-order chi connectivity index (χ1) is 10.8. The van der Waals surface area contributed by atoms with E-state index < -0.39 is 15.8 Å². The predicted octanol–water partition coefficient (Wildman–Crippen LogP) is 3.11. The van der Waals surface area contributed by atoms with E-state index in [1.165, 1.54) is 19.1 Å². The zero-order valence-electron chi connectivity index (χ0n) is 13.4. The Bertz CT molecular complexity index is 803. The average molecular weight is 337 g/mol. The number of aryl methyl sites for hydroxylation is 3. The maximum Gasteiger partial charge on any atom is 0.240 e. The minimum Gasteiger partial charge on any atom is -0.492 e. The van der Waals surface area contributed by atoms with Gasteiger partial charge in [0.25, 0.3) is 0 Å². The van der Waals surface area contributed by atoms with E-state index in [1.54, 1.807) is 0 Å². The third-order valence-corrected chi connectivity index (χ3v) is 4.88. The van der Waals surface area contributed by atoms with Gasteiger partial charge in [0.1, 0.15) is 18.2 Å². The molecule has 0 saturated carbocycles. The fraction of sp³-hybridized carbons (Fsp3) is 0.294. The van der Waals surface area contributed by atoms with Gasteiger partial charge in [0.05, 0.1) is 4.90 Å². The number of hydrogen-bond donors (Lipinski definition) is 1. The molecule has 0 saturated heterocycles. The van der Waals surface area contributed by atoms with E-state index in [0.717, 1.165) is 22.9 Å². The fourth-order valence-electron chi connectivity index (χ4n) is 2.17. The lowest BCUT2D eigenvalue weighted by Gasteiger charge is -2.11. The molecular formula is C17H20FNO3S. The average Bonchev–Trinajstić information content (AvgIpc) is 2.48. The largest absolute Gasteiger partial charge is 0.492 e. The molecule has 0 amide bonds. The Morgan fingerprint density at radius 1 is 1.04 bits per heavy atom. The summed E-state index contributed by atoms with van der Waals surface area (Å²) in [5.41, 5.74) is 2.43. The lowest BCUT2D eigenvalue weighted by Crippen LogP contribution is -2.28. The lowest BCUT2D eigenvalue weighted by molar-refractivity contribution is 0.320. The second kappa shape index (κ2) is 7.10. The van der Waals surface area contributed by atoms with Gasteiger partial charge in [-0.2, -0.15) is 0 Å². The van der Waals surface area contributed by atoms with Crippen molar-refractivity contribution in [2.45, 2.75) is 25.7 Å². The number of benzene rings is 2. The SMILES string of the molecule is Cc1ccc(OCCNS(=O)(=O)c2ccc(F)c(C)c2)c(C)c1. The van der Waals surface area contributed by atoms with Gasteiger partial charge in [-0.25, -0.2) is 17.5 Å². The fourth-order valence-corrected chi connectivity index (χ4v) is 3.26. The Kier molecular flexibility index (Phi) is 5.38. The van der Waals surface area contributed by atoms with Crippen molar-refractivity contribution in [2.75, 3.05) is 13.2 Å². The van der Waals surface area contributed by atoms with Crippen molar-refractivity contribution in [1.82, 2.24) is 4.72 Å². The number of ether oxygens (including phenoxy) is 1. The molecule has 0 atom stereocenters. The number of sulfonamides is 1. The number of nitrogens with one attached hydrogen (secondary N) is 1. The van der Waals surface area contributed by atoms with Crippen LogP contribution in [0.2, 0.25) is 0 Å². The zero-order chi connectivity index (χ0) is 17.0. The van der Waals surface area contributed by atoms with Crippen molar-refractivity contribution in [1.29, 1.82) is 0 Å². The van der Waals surface area contributed by atoms with Crippen LogP contribution in [0.1, 0.15) is 16.7 Å². The third kappa shape index (κ3) is 4.53. The van der Waals surface area contributed by atoms with Gasteiger partial charge in [-0.15, -0.1) is 0 Å². The Balaban J connectivity index is 1.93. The summed E-state index contributed by atoms with van der Waals surface area (Å²) in [5, 5.41) is 0. The maximum absolute atomic E-state index is 13.2. The smallest absolute Gasteiger partial charge is 0.240 e. The van der Waals surface area contributed by atoms with Crippen LogP contribution in [0.4, 0.5) is 4.39 Å². The first-order valence-corrected chi connectivity index (χ1v) is 8.74. The highest BCUT2D eigenvalue weighted by atomic mass is 32.2. The topological polar surface area (TPSA) is 55.4 Å². The van der Waals surface area contributed by atoms with Crippen molar-refractivity contribution in [3.8, 4) is 5.75 Å². The molecular weight excluding hydrogens is 317 g/mol. The minimum absolute atomic E-state index is 0.0444. The molecule has 0 spiro atoms. The zero-order valence-corrected chi connectivity index (χ0v) is 14.2. The molecule has 23 heavy (non-hydrogen) atoms. The van der Waals surface area contributed by atoms with Crippen LogP contribution in [-0.2, 0) is 10.0 Å². The molecule has 0 radical (unpaired) electrons. The predicted molar refractivity (Wildman–Crippen MR) is 87.7 cm³/mol. The Morgan fingerprint density at radius 3 is 2.43 bits per heavy atom. The summed E-state index contributed by atoms with van der Waals surface area (Å²) in [7, 11) is -3.67. The maximum atomic E-state index is 13.2. The summed E-state index contributed by atoms with van der Waals surface area (Å²) >= 11 is 0. The molecule has 0 fully saturated rings. The normalized spacial score (nSPS) is 11.5. The summed E-state index contributed by atoms with van der Waals surface area (Å²) in [5.74, 6) is 0.301. The van der Waals surface area contributed by atoms with Crippen LogP contribution in [-0.4, -0.2) is 21.6 Å². The van der Waals surface area contributed by atoms with E-state index in [4.69, 9.17) is 4.74 Å². The second-order valence-corrected chi connectivity index (χ2v) is 7.19. The number of rotatable bonds is 6. The van der Waals surface area contributed by atoms with Gasteiger partial charge >= 0.3 is 0 Å². The van der Waals surface area contributed by atoms with Crippen LogP contribution in [0, 0.1) is 26.6 Å². The highest BCUT2D eigenvalue weighted by Crippen LogP contribution is 2.18. The van der Waals surface area contributed by atoms with E-state index in [1.807, 2.05) is 32.0 Å². The molecule has 0 heterocycles. The van der Waals surface area contributed by atoms with E-state index in [-0.39, 0.29) is 18.0 Å². The Hall–Kier alpha value is -1.92. The van der Waals surface area contributed by atoms with Crippen LogP contribution < -0.4 is 9.46 Å². The van der Waals surface area contributed by atoms with E-state index in [2.05, 4.69) is 4.72 Å². The van der Waals surface area contributed by atoms with Gasteiger partial charge < -0.3 is 4.74 Å². The number of hydrogen-bond acceptors (Lipinski definition) is 3. The van der Waals surface area contributed by atoms with Crippen molar-refractivity contribution in [3.63, 3.8) is 0 Å². The highest BCUT2D eigenvalue weighted by Gasteiger charge is 2.14. The van der Waals surface area contributed by atoms with Crippen molar-refractivity contribution >= 4 is 10.0 Å². The molecule has 1 N–H and O–H groups in total. The van der Waals surface area contributed by atoms with Gasteiger partial charge in [-0.3, -0.25) is 0 Å². The first-order valence-electron chi connectivity index (χ1n) is 7.25. The molecule has 0 bridgehead atoms. The molecule has 0 aliphatic heterocycles. The molecule has 0 unspecified atom stereocenters. The quantitative estimate of drug-likeness (QED) is 0.824. The van der Waals surface area contributed by atoms with E-state index in [9.17, 15) is 12.8 Å². The summed E-state index contributed by atoms with van der Waals surface area (Å²) in [4.78, 5) is 0.0444. The van der Waals surface area contributed by atoms with Crippen LogP contribution >= 0.6 is 0 Å². The third-order valence-electron chi connectivity index (χ3n) is 3.42. The standard InChI is InChI=1S/C17H20FNO3S/c1-12-4-7-17(14(3)10-12)22-9-8-19-23(20,21)15-5-6-16(18)13(2)11-15/h4-7,10-11,19H,8-9H2,1-3H3. The molecule has 2 rings (SSSR count). The molecule has 6 heteroatoms. The van der Waals surface area contributed by atoms with Crippen LogP contribution in [0.3, 0.4) is 0 Å². The minimum atomic E-state index is -3.67.